The quantitative estimate of drug-likeness (QED) is 0.216. The van der Waals surface area contributed by atoms with Crippen LogP contribution in [0.2, 0.25) is 0 Å². The van der Waals surface area contributed by atoms with E-state index >= 15 is 0 Å². The van der Waals surface area contributed by atoms with Crippen LogP contribution in [-0.4, -0.2) is 0 Å². The predicted octanol–water partition coefficient (Wildman–Crippen LogP) is 8.16. The van der Waals surface area contributed by atoms with Gasteiger partial charge in [-0.1, -0.05) is 133 Å². The molecule has 5 aromatic carbocycles. The summed E-state index contributed by atoms with van der Waals surface area (Å²) in [5.41, 5.74) is 8.09. The molecule has 1 aliphatic carbocycles. The summed E-state index contributed by atoms with van der Waals surface area (Å²) in [7, 11) is 0. The van der Waals surface area contributed by atoms with Gasteiger partial charge in [-0.15, -0.1) is 0 Å². The highest BCUT2D eigenvalue weighted by Gasteiger charge is 2.25. The molecule has 1 aliphatic rings. The van der Waals surface area contributed by atoms with Crippen molar-refractivity contribution < 1.29 is 0 Å². The summed E-state index contributed by atoms with van der Waals surface area (Å²) < 4.78 is 0. The van der Waals surface area contributed by atoms with Crippen molar-refractivity contribution >= 4 is 16.8 Å². The molecule has 0 saturated heterocycles. The van der Waals surface area contributed by atoms with Gasteiger partial charge in [0.15, 0.2) is 0 Å². The Morgan fingerprint density at radius 3 is 1.87 bits per heavy atom. The highest BCUT2D eigenvalue weighted by Crippen LogP contribution is 2.31. The van der Waals surface area contributed by atoms with Gasteiger partial charge in [0.25, 0.3) is 0 Å². The van der Waals surface area contributed by atoms with Crippen LogP contribution in [0.4, 0.5) is 0 Å². The van der Waals surface area contributed by atoms with Crippen molar-refractivity contribution in [3.05, 3.63) is 161 Å². The average molecular weight is 495 g/mol. The normalized spacial score (nSPS) is 14.2. The number of benzene rings is 5. The zero-order valence-electron chi connectivity index (χ0n) is 21.7. The molecule has 38 heavy (non-hydrogen) atoms. The Morgan fingerprint density at radius 2 is 1.13 bits per heavy atom. The van der Waals surface area contributed by atoms with Gasteiger partial charge in [-0.05, 0) is 57.0 Å². The molecule has 0 saturated carbocycles. The maximum Gasteiger partial charge on any atom is 0.0521 e. The Kier molecular flexibility index (Phi) is 7.44. The SMILES string of the molecule is C1=Cc2c(cccc2CN[C@H](c2ccccc2)[C@H](NCc2cccc3ccccc23)c2ccccc2)CC1. The molecule has 6 rings (SSSR count). The molecule has 2 atom stereocenters. The molecule has 2 heteroatoms. The number of allylic oxidation sites excluding steroid dienone is 1. The summed E-state index contributed by atoms with van der Waals surface area (Å²) in [5, 5.41) is 10.5. The molecule has 2 nitrogen and oxygen atoms in total. The van der Waals surface area contributed by atoms with E-state index in [4.69, 9.17) is 0 Å². The highest BCUT2D eigenvalue weighted by molar-refractivity contribution is 5.85. The van der Waals surface area contributed by atoms with Gasteiger partial charge < -0.3 is 10.6 Å². The van der Waals surface area contributed by atoms with E-state index in [1.54, 1.807) is 0 Å². The second-order valence-corrected chi connectivity index (χ2v) is 10.1. The molecule has 0 heterocycles. The van der Waals surface area contributed by atoms with Gasteiger partial charge in [0.05, 0.1) is 12.1 Å². The molecule has 0 spiro atoms. The summed E-state index contributed by atoms with van der Waals surface area (Å²) in [5.74, 6) is 0. The molecule has 0 aromatic heterocycles. The van der Waals surface area contributed by atoms with E-state index in [0.29, 0.717) is 0 Å². The fraction of sp³-hybridized carbons (Fsp3) is 0.167. The van der Waals surface area contributed by atoms with E-state index in [1.165, 1.54) is 44.2 Å². The minimum atomic E-state index is 0.0904. The minimum absolute atomic E-state index is 0.0904. The Labute approximate surface area is 226 Å². The number of hydrogen-bond donors (Lipinski definition) is 2. The van der Waals surface area contributed by atoms with Crippen LogP contribution in [0.5, 0.6) is 0 Å². The Morgan fingerprint density at radius 1 is 0.553 bits per heavy atom. The Balaban J connectivity index is 1.34. The van der Waals surface area contributed by atoms with Crippen molar-refractivity contribution in [2.45, 2.75) is 38.0 Å². The molecule has 0 amide bonds. The molecule has 188 valence electrons. The monoisotopic (exact) mass is 494 g/mol. The molecule has 0 fully saturated rings. The van der Waals surface area contributed by atoms with Crippen LogP contribution in [0.3, 0.4) is 0 Å². The number of rotatable bonds is 9. The van der Waals surface area contributed by atoms with Crippen LogP contribution in [-0.2, 0) is 19.5 Å². The van der Waals surface area contributed by atoms with Crippen molar-refractivity contribution in [1.29, 1.82) is 0 Å². The van der Waals surface area contributed by atoms with Crippen LogP contribution in [0.25, 0.3) is 16.8 Å². The third-order valence-corrected chi connectivity index (χ3v) is 7.71. The van der Waals surface area contributed by atoms with Crippen LogP contribution in [0.1, 0.15) is 51.9 Å². The lowest BCUT2D eigenvalue weighted by atomic mass is 9.91. The maximum atomic E-state index is 3.98. The summed E-state index contributed by atoms with van der Waals surface area (Å²) in [6.45, 7) is 1.60. The van der Waals surface area contributed by atoms with Crippen molar-refractivity contribution in [3.8, 4) is 0 Å². The first-order chi connectivity index (χ1) is 18.9. The molecule has 2 N–H and O–H groups in total. The van der Waals surface area contributed by atoms with Crippen molar-refractivity contribution in [1.82, 2.24) is 10.6 Å². The van der Waals surface area contributed by atoms with E-state index in [-0.39, 0.29) is 12.1 Å². The first kappa shape index (κ1) is 24.4. The highest BCUT2D eigenvalue weighted by atomic mass is 15.0. The third kappa shape index (κ3) is 5.33. The number of fused-ring (bicyclic) bond motifs is 2. The predicted molar refractivity (Wildman–Crippen MR) is 160 cm³/mol. The summed E-state index contributed by atoms with van der Waals surface area (Å²) >= 11 is 0. The van der Waals surface area contributed by atoms with Crippen LogP contribution < -0.4 is 10.6 Å². The Hall–Kier alpha value is -3.98. The van der Waals surface area contributed by atoms with E-state index in [9.17, 15) is 0 Å². The lowest BCUT2D eigenvalue weighted by Gasteiger charge is -2.31. The third-order valence-electron chi connectivity index (χ3n) is 7.71. The first-order valence-corrected chi connectivity index (χ1v) is 13.7. The van der Waals surface area contributed by atoms with Gasteiger partial charge in [0, 0.05) is 13.1 Å². The second-order valence-electron chi connectivity index (χ2n) is 10.1. The molecular formula is C36H34N2. The van der Waals surface area contributed by atoms with Gasteiger partial charge in [-0.3, -0.25) is 0 Å². The maximum absolute atomic E-state index is 3.98. The number of aryl methyl sites for hydroxylation is 1. The van der Waals surface area contributed by atoms with Crippen molar-refractivity contribution in [2.75, 3.05) is 0 Å². The molecule has 0 unspecified atom stereocenters. The fourth-order valence-corrected chi connectivity index (χ4v) is 5.76. The molecule has 0 bridgehead atoms. The fourth-order valence-electron chi connectivity index (χ4n) is 5.76. The molecule has 0 radical (unpaired) electrons. The van der Waals surface area contributed by atoms with Crippen molar-refractivity contribution in [2.24, 2.45) is 0 Å². The van der Waals surface area contributed by atoms with Crippen molar-refractivity contribution in [3.63, 3.8) is 0 Å². The van der Waals surface area contributed by atoms with Crippen LogP contribution in [0.15, 0.2) is 127 Å². The first-order valence-electron chi connectivity index (χ1n) is 13.7. The van der Waals surface area contributed by atoms with E-state index in [0.717, 1.165) is 25.9 Å². The topological polar surface area (TPSA) is 24.1 Å². The molecule has 0 aliphatic heterocycles. The number of hydrogen-bond acceptors (Lipinski definition) is 2. The standard InChI is InChI=1S/C36H34N2/c1-3-15-29(16-4-1)35(37-25-31-21-11-19-27-13-7-9-23-33(27)31)36(30-17-5-2-6-18-30)38-26-32-22-12-20-28-14-8-10-24-34(28)32/h1-7,9-13,15-24,35-38H,8,14,25-26H2/t35-,36-/m1/s1. The molecular weight excluding hydrogens is 460 g/mol. The Bertz CT molecular complexity index is 1520. The minimum Gasteiger partial charge on any atom is -0.304 e. The second kappa shape index (κ2) is 11.6. The molecule has 5 aromatic rings. The van der Waals surface area contributed by atoms with Gasteiger partial charge >= 0.3 is 0 Å². The van der Waals surface area contributed by atoms with Gasteiger partial charge in [0.2, 0.25) is 0 Å². The summed E-state index contributed by atoms with van der Waals surface area (Å²) in [4.78, 5) is 0. The smallest absolute Gasteiger partial charge is 0.0521 e. The van der Waals surface area contributed by atoms with Gasteiger partial charge in [-0.2, -0.15) is 0 Å². The van der Waals surface area contributed by atoms with Crippen LogP contribution >= 0.6 is 0 Å². The summed E-state index contributed by atoms with van der Waals surface area (Å²) in [6.07, 6.45) is 6.87. The van der Waals surface area contributed by atoms with E-state index in [1.807, 2.05) is 0 Å². The van der Waals surface area contributed by atoms with Gasteiger partial charge in [-0.25, -0.2) is 0 Å². The average Bonchev–Trinajstić information content (AvgIpc) is 2.99. The zero-order valence-corrected chi connectivity index (χ0v) is 21.7. The van der Waals surface area contributed by atoms with Gasteiger partial charge in [0.1, 0.15) is 0 Å². The summed E-state index contributed by atoms with van der Waals surface area (Å²) in [6, 6.07) is 43.9. The van der Waals surface area contributed by atoms with Crippen LogP contribution in [0, 0.1) is 0 Å². The lowest BCUT2D eigenvalue weighted by Crippen LogP contribution is -2.35. The van der Waals surface area contributed by atoms with E-state index < -0.39 is 0 Å². The lowest BCUT2D eigenvalue weighted by molar-refractivity contribution is 0.381. The zero-order chi connectivity index (χ0) is 25.6. The largest absolute Gasteiger partial charge is 0.304 e. The van der Waals surface area contributed by atoms with E-state index in [2.05, 4.69) is 144 Å². The number of nitrogens with one attached hydrogen (secondary N) is 2.